The van der Waals surface area contributed by atoms with E-state index < -0.39 is 0 Å². The number of hydrogen-bond donors (Lipinski definition) is 1. The van der Waals surface area contributed by atoms with Crippen LogP contribution in [-0.2, 0) is 0 Å². The summed E-state index contributed by atoms with van der Waals surface area (Å²) in [5, 5.41) is 3.40. The Bertz CT molecular complexity index is 523. The van der Waals surface area contributed by atoms with Crippen LogP contribution < -0.4 is 14.8 Å². The van der Waals surface area contributed by atoms with Crippen LogP contribution in [0.1, 0.15) is 25.5 Å². The molecule has 1 unspecified atom stereocenters. The van der Waals surface area contributed by atoms with Gasteiger partial charge in [-0.15, -0.1) is 0 Å². The third kappa shape index (κ3) is 3.63. The fourth-order valence-electron chi connectivity index (χ4n) is 1.94. The Morgan fingerprint density at radius 1 is 1.15 bits per heavy atom. The van der Waals surface area contributed by atoms with Gasteiger partial charge in [-0.2, -0.15) is 0 Å². The first-order valence-corrected chi connectivity index (χ1v) is 6.72. The van der Waals surface area contributed by atoms with Gasteiger partial charge < -0.3 is 14.8 Å². The van der Waals surface area contributed by atoms with Crippen LogP contribution in [0.3, 0.4) is 0 Å². The van der Waals surface area contributed by atoms with E-state index >= 15 is 0 Å². The van der Waals surface area contributed by atoms with Crippen LogP contribution in [0.25, 0.3) is 0 Å². The number of nitrogens with zero attached hydrogens (tertiary/aromatic N) is 1. The van der Waals surface area contributed by atoms with Gasteiger partial charge in [0.15, 0.2) is 0 Å². The molecular weight excluding hydrogens is 252 g/mol. The molecular formula is C16H20N2O2. The second kappa shape index (κ2) is 6.80. The number of rotatable bonds is 6. The van der Waals surface area contributed by atoms with E-state index in [9.17, 15) is 0 Å². The van der Waals surface area contributed by atoms with Gasteiger partial charge in [-0.25, -0.2) is 4.98 Å². The van der Waals surface area contributed by atoms with E-state index in [0.29, 0.717) is 12.5 Å². The third-order valence-electron chi connectivity index (χ3n) is 3.02. The Kier molecular flexibility index (Phi) is 4.82. The number of pyridine rings is 1. The number of ether oxygens (including phenoxy) is 2. The number of benzene rings is 1. The maximum absolute atomic E-state index is 5.44. The predicted molar refractivity (Wildman–Crippen MR) is 80.4 cm³/mol. The molecule has 0 fully saturated rings. The topological polar surface area (TPSA) is 43.4 Å². The Morgan fingerprint density at radius 2 is 1.90 bits per heavy atom. The molecule has 0 aliphatic heterocycles. The van der Waals surface area contributed by atoms with Gasteiger partial charge in [0.05, 0.1) is 25.6 Å². The zero-order valence-electron chi connectivity index (χ0n) is 12.1. The summed E-state index contributed by atoms with van der Waals surface area (Å²) in [6, 6.07) is 12.1. The minimum atomic E-state index is 0.195. The van der Waals surface area contributed by atoms with Gasteiger partial charge >= 0.3 is 0 Å². The molecule has 0 bridgehead atoms. The van der Waals surface area contributed by atoms with Crippen LogP contribution in [0.2, 0.25) is 0 Å². The Balaban J connectivity index is 2.01. The van der Waals surface area contributed by atoms with Gasteiger partial charge in [-0.05, 0) is 37.6 Å². The van der Waals surface area contributed by atoms with Crippen molar-refractivity contribution in [3.05, 3.63) is 48.2 Å². The number of methoxy groups -OCH3 is 1. The van der Waals surface area contributed by atoms with Crippen molar-refractivity contribution in [2.45, 2.75) is 19.9 Å². The maximum atomic E-state index is 5.44. The molecule has 1 atom stereocenters. The lowest BCUT2D eigenvalue weighted by molar-refractivity contribution is 0.340. The van der Waals surface area contributed by atoms with Crippen LogP contribution in [0, 0.1) is 0 Å². The first-order chi connectivity index (χ1) is 9.72. The van der Waals surface area contributed by atoms with Gasteiger partial charge in [0.1, 0.15) is 5.75 Å². The first kappa shape index (κ1) is 14.2. The summed E-state index contributed by atoms with van der Waals surface area (Å²) in [7, 11) is 1.61. The zero-order chi connectivity index (χ0) is 14.4. The van der Waals surface area contributed by atoms with E-state index in [1.165, 1.54) is 5.56 Å². The molecule has 1 aromatic heterocycles. The molecule has 0 aliphatic rings. The molecule has 0 saturated carbocycles. The fraction of sp³-hybridized carbons (Fsp3) is 0.312. The SMILES string of the molecule is CCOc1ccc(C(C)Nc2ccc(OC)nc2)cc1. The standard InChI is InChI=1S/C16H20N2O2/c1-4-20-15-8-5-13(6-9-15)12(2)18-14-7-10-16(19-3)17-11-14/h5-12,18H,4H2,1-3H3. The summed E-state index contributed by atoms with van der Waals surface area (Å²) < 4.78 is 10.5. The summed E-state index contributed by atoms with van der Waals surface area (Å²) in [4.78, 5) is 4.18. The number of nitrogens with one attached hydrogen (secondary N) is 1. The lowest BCUT2D eigenvalue weighted by Crippen LogP contribution is -2.06. The quantitative estimate of drug-likeness (QED) is 0.871. The van der Waals surface area contributed by atoms with Crippen molar-refractivity contribution >= 4 is 5.69 Å². The molecule has 20 heavy (non-hydrogen) atoms. The van der Waals surface area contributed by atoms with Crippen molar-refractivity contribution in [2.24, 2.45) is 0 Å². The van der Waals surface area contributed by atoms with Crippen molar-refractivity contribution in [1.82, 2.24) is 4.98 Å². The zero-order valence-corrected chi connectivity index (χ0v) is 12.1. The molecule has 1 N–H and O–H groups in total. The van der Waals surface area contributed by atoms with Crippen molar-refractivity contribution < 1.29 is 9.47 Å². The van der Waals surface area contributed by atoms with Crippen LogP contribution in [0.5, 0.6) is 11.6 Å². The van der Waals surface area contributed by atoms with Crippen LogP contribution in [0.4, 0.5) is 5.69 Å². The van der Waals surface area contributed by atoms with E-state index in [4.69, 9.17) is 9.47 Å². The lowest BCUT2D eigenvalue weighted by Gasteiger charge is -2.16. The Morgan fingerprint density at radius 3 is 2.45 bits per heavy atom. The highest BCUT2D eigenvalue weighted by Gasteiger charge is 2.06. The summed E-state index contributed by atoms with van der Waals surface area (Å²) >= 11 is 0. The smallest absolute Gasteiger partial charge is 0.213 e. The highest BCUT2D eigenvalue weighted by Crippen LogP contribution is 2.22. The monoisotopic (exact) mass is 272 g/mol. The molecule has 2 aromatic rings. The summed E-state index contributed by atoms with van der Waals surface area (Å²) in [5.41, 5.74) is 2.16. The highest BCUT2D eigenvalue weighted by atomic mass is 16.5. The van der Waals surface area contributed by atoms with Gasteiger partial charge in [0.2, 0.25) is 5.88 Å². The molecule has 0 radical (unpaired) electrons. The van der Waals surface area contributed by atoms with Crippen molar-refractivity contribution in [1.29, 1.82) is 0 Å². The average molecular weight is 272 g/mol. The van der Waals surface area contributed by atoms with Crippen molar-refractivity contribution in [2.75, 3.05) is 19.0 Å². The number of hydrogen-bond acceptors (Lipinski definition) is 4. The molecule has 0 amide bonds. The molecule has 0 spiro atoms. The van der Waals surface area contributed by atoms with Crippen LogP contribution in [0.15, 0.2) is 42.6 Å². The second-order valence-corrected chi connectivity index (χ2v) is 4.46. The molecule has 106 valence electrons. The van der Waals surface area contributed by atoms with Crippen molar-refractivity contribution in [3.8, 4) is 11.6 Å². The number of anilines is 1. The van der Waals surface area contributed by atoms with Crippen LogP contribution in [-0.4, -0.2) is 18.7 Å². The van der Waals surface area contributed by atoms with Gasteiger partial charge in [-0.1, -0.05) is 12.1 Å². The van der Waals surface area contributed by atoms with Crippen LogP contribution >= 0.6 is 0 Å². The van der Waals surface area contributed by atoms with Crippen molar-refractivity contribution in [3.63, 3.8) is 0 Å². The van der Waals surface area contributed by atoms with Gasteiger partial charge in [0, 0.05) is 12.1 Å². The van der Waals surface area contributed by atoms with E-state index in [0.717, 1.165) is 11.4 Å². The van der Waals surface area contributed by atoms with Gasteiger partial charge in [0.25, 0.3) is 0 Å². The van der Waals surface area contributed by atoms with E-state index in [-0.39, 0.29) is 6.04 Å². The highest BCUT2D eigenvalue weighted by molar-refractivity contribution is 5.45. The summed E-state index contributed by atoms with van der Waals surface area (Å²) in [6.45, 7) is 4.78. The van der Waals surface area contributed by atoms with E-state index in [2.05, 4.69) is 29.4 Å². The first-order valence-electron chi connectivity index (χ1n) is 6.72. The van der Waals surface area contributed by atoms with E-state index in [1.54, 1.807) is 13.3 Å². The number of aromatic nitrogens is 1. The lowest BCUT2D eigenvalue weighted by atomic mass is 10.1. The second-order valence-electron chi connectivity index (χ2n) is 4.46. The largest absolute Gasteiger partial charge is 0.494 e. The fourth-order valence-corrected chi connectivity index (χ4v) is 1.94. The molecule has 0 saturated heterocycles. The Hall–Kier alpha value is -2.23. The maximum Gasteiger partial charge on any atom is 0.213 e. The molecule has 2 rings (SSSR count). The molecule has 1 aromatic carbocycles. The normalized spacial score (nSPS) is 11.8. The molecule has 4 nitrogen and oxygen atoms in total. The molecule has 1 heterocycles. The minimum absolute atomic E-state index is 0.195. The predicted octanol–water partition coefficient (Wildman–Crippen LogP) is 3.66. The third-order valence-corrected chi connectivity index (χ3v) is 3.02. The summed E-state index contributed by atoms with van der Waals surface area (Å²) in [6.07, 6.45) is 1.77. The summed E-state index contributed by atoms with van der Waals surface area (Å²) in [5.74, 6) is 1.51. The van der Waals surface area contributed by atoms with Gasteiger partial charge in [-0.3, -0.25) is 0 Å². The Labute approximate surface area is 119 Å². The molecule has 0 aliphatic carbocycles. The van der Waals surface area contributed by atoms with E-state index in [1.807, 2.05) is 31.2 Å². The minimum Gasteiger partial charge on any atom is -0.494 e. The average Bonchev–Trinajstić information content (AvgIpc) is 2.49. The molecule has 4 heteroatoms.